The first-order valence-electron chi connectivity index (χ1n) is 8.95. The molecule has 0 amide bonds. The summed E-state index contributed by atoms with van der Waals surface area (Å²) in [6, 6.07) is 2.12. The van der Waals surface area contributed by atoms with Crippen LogP contribution in [0.5, 0.6) is 0 Å². The van der Waals surface area contributed by atoms with Crippen LogP contribution in [0.15, 0.2) is 27.6 Å². The number of halogens is 3. The molecule has 0 aromatic carbocycles. The zero-order valence-electron chi connectivity index (χ0n) is 17.4. The van der Waals surface area contributed by atoms with Gasteiger partial charge < -0.3 is 4.57 Å². The van der Waals surface area contributed by atoms with Gasteiger partial charge in [0.05, 0.1) is 27.6 Å². The van der Waals surface area contributed by atoms with Crippen molar-refractivity contribution in [2.24, 2.45) is 11.4 Å². The van der Waals surface area contributed by atoms with Crippen molar-refractivity contribution in [3.05, 3.63) is 29.6 Å². The van der Waals surface area contributed by atoms with E-state index in [1.54, 1.807) is 6.92 Å². The lowest BCUT2D eigenvalue weighted by Crippen LogP contribution is -2.10. The van der Waals surface area contributed by atoms with Gasteiger partial charge in [0, 0.05) is 35.5 Å². The van der Waals surface area contributed by atoms with Gasteiger partial charge in [0.25, 0.3) is 0 Å². The molecule has 0 atom stereocenters. The van der Waals surface area contributed by atoms with E-state index >= 15 is 0 Å². The average molecular weight is 476 g/mol. The van der Waals surface area contributed by atoms with Crippen molar-refractivity contribution in [3.8, 4) is 11.5 Å². The molecular formula is C18H20F3N5O3S2. The van der Waals surface area contributed by atoms with Gasteiger partial charge in [-0.2, -0.15) is 17.5 Å². The molecule has 3 heterocycles. The molecule has 168 valence electrons. The summed E-state index contributed by atoms with van der Waals surface area (Å²) in [5.74, 6) is -0.213. The maximum Gasteiger partial charge on any atom is 0.417 e. The van der Waals surface area contributed by atoms with Crippen LogP contribution >= 0.6 is 0 Å². The Morgan fingerprint density at radius 3 is 2.32 bits per heavy atom. The SMILES string of the molecule is CCS(=O)(=O)c1cc(N=S(C)(C)=O)c(C)nc1-c1nc2cc(C(F)(F)F)cnc2n1C. The molecule has 0 unspecified atom stereocenters. The fourth-order valence-electron chi connectivity index (χ4n) is 2.90. The second-order valence-corrected chi connectivity index (χ2v) is 12.0. The smallest absolute Gasteiger partial charge is 0.310 e. The van der Waals surface area contributed by atoms with Gasteiger partial charge in [0.2, 0.25) is 0 Å². The lowest BCUT2D eigenvalue weighted by atomic mass is 10.2. The fourth-order valence-corrected chi connectivity index (χ4v) is 4.59. The Hall–Kier alpha value is -2.54. The number of alkyl halides is 3. The molecule has 0 aliphatic rings. The molecule has 13 heteroatoms. The molecule has 0 spiro atoms. The molecule has 3 aromatic heterocycles. The minimum atomic E-state index is -4.60. The molecule has 8 nitrogen and oxygen atoms in total. The van der Waals surface area contributed by atoms with Gasteiger partial charge in [-0.15, -0.1) is 0 Å². The van der Waals surface area contributed by atoms with E-state index in [-0.39, 0.29) is 39.0 Å². The van der Waals surface area contributed by atoms with Crippen molar-refractivity contribution in [1.29, 1.82) is 0 Å². The van der Waals surface area contributed by atoms with Crippen molar-refractivity contribution in [2.45, 2.75) is 24.9 Å². The van der Waals surface area contributed by atoms with Crippen molar-refractivity contribution in [1.82, 2.24) is 19.5 Å². The summed E-state index contributed by atoms with van der Waals surface area (Å²) in [7, 11) is -4.91. The first kappa shape index (κ1) is 23.1. The minimum absolute atomic E-state index is 0.0361. The Kier molecular flexibility index (Phi) is 5.63. The Labute approximate surface area is 177 Å². The molecule has 3 aromatic rings. The van der Waals surface area contributed by atoms with Crippen LogP contribution in [0, 0.1) is 6.92 Å². The van der Waals surface area contributed by atoms with Crippen molar-refractivity contribution in [2.75, 3.05) is 18.3 Å². The highest BCUT2D eigenvalue weighted by Crippen LogP contribution is 2.34. The van der Waals surface area contributed by atoms with Crippen molar-refractivity contribution < 1.29 is 25.8 Å². The van der Waals surface area contributed by atoms with E-state index < -0.39 is 31.3 Å². The van der Waals surface area contributed by atoms with Gasteiger partial charge in [0.15, 0.2) is 21.3 Å². The number of nitrogens with zero attached hydrogens (tertiary/aromatic N) is 5. The number of hydrogen-bond acceptors (Lipinski definition) is 7. The van der Waals surface area contributed by atoms with Crippen LogP contribution in [0.1, 0.15) is 18.2 Å². The van der Waals surface area contributed by atoms with Gasteiger partial charge in [-0.05, 0) is 19.1 Å². The summed E-state index contributed by atoms with van der Waals surface area (Å²) in [4.78, 5) is 12.2. The normalized spacial score (nSPS) is 13.0. The lowest BCUT2D eigenvalue weighted by molar-refractivity contribution is -0.137. The summed E-state index contributed by atoms with van der Waals surface area (Å²) in [6.45, 7) is 3.02. The van der Waals surface area contributed by atoms with Crippen molar-refractivity contribution in [3.63, 3.8) is 0 Å². The molecule has 0 bridgehead atoms. The Balaban J connectivity index is 2.36. The van der Waals surface area contributed by atoms with Crippen LogP contribution in [0.25, 0.3) is 22.7 Å². The number of fused-ring (bicyclic) bond motifs is 1. The van der Waals surface area contributed by atoms with Crippen LogP contribution in [0.3, 0.4) is 0 Å². The van der Waals surface area contributed by atoms with Gasteiger partial charge in [-0.3, -0.25) is 0 Å². The summed E-state index contributed by atoms with van der Waals surface area (Å²) in [5, 5.41) is 0. The number of pyridine rings is 2. The van der Waals surface area contributed by atoms with Crippen LogP contribution in [-0.2, 0) is 32.8 Å². The van der Waals surface area contributed by atoms with Crippen LogP contribution in [0.2, 0.25) is 0 Å². The average Bonchev–Trinajstić information content (AvgIpc) is 2.97. The quantitative estimate of drug-likeness (QED) is 0.572. The van der Waals surface area contributed by atoms with E-state index in [1.807, 2.05) is 0 Å². The zero-order valence-corrected chi connectivity index (χ0v) is 19.0. The molecule has 0 fully saturated rings. The highest BCUT2D eigenvalue weighted by atomic mass is 32.2. The molecule has 31 heavy (non-hydrogen) atoms. The third-order valence-electron chi connectivity index (χ3n) is 4.43. The standard InChI is InChI=1S/C18H20F3N5O3S2/c1-6-31(28,29)14-8-12(25-30(4,5)27)10(2)23-15(14)17-24-13-7-11(18(19,20)21)9-22-16(13)26(17)3/h7-9H,6H2,1-5H3. The molecule has 0 saturated carbocycles. The van der Waals surface area contributed by atoms with E-state index in [9.17, 15) is 25.8 Å². The Bertz CT molecular complexity index is 1410. The second-order valence-electron chi connectivity index (χ2n) is 7.17. The van der Waals surface area contributed by atoms with Crippen molar-refractivity contribution >= 4 is 36.4 Å². The third-order valence-corrected chi connectivity index (χ3v) is 6.81. The predicted octanol–water partition coefficient (Wildman–Crippen LogP) is 3.51. The Morgan fingerprint density at radius 1 is 1.13 bits per heavy atom. The van der Waals surface area contributed by atoms with E-state index in [0.29, 0.717) is 11.9 Å². The fraction of sp³-hybridized carbons (Fsp3) is 0.389. The van der Waals surface area contributed by atoms with Crippen LogP contribution < -0.4 is 0 Å². The summed E-state index contributed by atoms with van der Waals surface area (Å²) in [5.41, 5.74) is -0.456. The summed E-state index contributed by atoms with van der Waals surface area (Å²) in [6.07, 6.45) is -1.09. The number of aromatic nitrogens is 4. The minimum Gasteiger partial charge on any atom is -0.310 e. The van der Waals surface area contributed by atoms with Gasteiger partial charge in [-0.1, -0.05) is 6.92 Å². The molecule has 0 aliphatic carbocycles. The number of aryl methyl sites for hydroxylation is 2. The number of rotatable bonds is 4. The topological polar surface area (TPSA) is 107 Å². The number of sulfone groups is 1. The molecule has 0 saturated heterocycles. The molecule has 3 rings (SSSR count). The zero-order chi connectivity index (χ0) is 23.4. The second kappa shape index (κ2) is 7.55. The largest absolute Gasteiger partial charge is 0.417 e. The summed E-state index contributed by atoms with van der Waals surface area (Å²) < 4.78 is 82.3. The van der Waals surface area contributed by atoms with Gasteiger partial charge in [0.1, 0.15) is 11.2 Å². The maximum absolute atomic E-state index is 13.0. The highest BCUT2D eigenvalue weighted by molar-refractivity contribution is 7.92. The summed E-state index contributed by atoms with van der Waals surface area (Å²) >= 11 is 0. The lowest BCUT2D eigenvalue weighted by Gasteiger charge is -2.12. The first-order chi connectivity index (χ1) is 14.1. The van der Waals surface area contributed by atoms with Crippen LogP contribution in [0.4, 0.5) is 18.9 Å². The van der Waals surface area contributed by atoms with Crippen LogP contribution in [-0.4, -0.2) is 50.4 Å². The monoisotopic (exact) mass is 475 g/mol. The van der Waals surface area contributed by atoms with Gasteiger partial charge >= 0.3 is 6.18 Å². The number of hydrogen-bond donors (Lipinski definition) is 0. The molecule has 0 radical (unpaired) electrons. The molecular weight excluding hydrogens is 455 g/mol. The van der Waals surface area contributed by atoms with E-state index in [2.05, 4.69) is 19.3 Å². The molecule has 0 N–H and O–H groups in total. The van der Waals surface area contributed by atoms with E-state index in [0.717, 1.165) is 6.07 Å². The molecule has 0 aliphatic heterocycles. The highest BCUT2D eigenvalue weighted by Gasteiger charge is 2.32. The number of imidazole rings is 1. The third kappa shape index (κ3) is 4.56. The maximum atomic E-state index is 13.0. The van der Waals surface area contributed by atoms with E-state index in [1.165, 1.54) is 37.1 Å². The Morgan fingerprint density at radius 2 is 1.77 bits per heavy atom. The van der Waals surface area contributed by atoms with E-state index in [4.69, 9.17) is 0 Å². The predicted molar refractivity (Wildman–Crippen MR) is 111 cm³/mol. The van der Waals surface area contributed by atoms with Gasteiger partial charge in [-0.25, -0.2) is 27.6 Å². The first-order valence-corrected chi connectivity index (χ1v) is 12.9.